The molecule has 1 aliphatic heterocycles. The van der Waals surface area contributed by atoms with Crippen molar-refractivity contribution in [1.82, 2.24) is 19.2 Å². The average Bonchev–Trinajstić information content (AvgIpc) is 3.32. The first-order valence-electron chi connectivity index (χ1n) is 11.8. The number of carbonyl (C=O) groups excluding carboxylic acids is 1. The van der Waals surface area contributed by atoms with E-state index in [1.54, 1.807) is 0 Å². The fourth-order valence-corrected chi connectivity index (χ4v) is 4.99. The molecule has 1 saturated heterocycles. The minimum Gasteiger partial charge on any atom is -0.384 e. The van der Waals surface area contributed by atoms with E-state index in [2.05, 4.69) is 20.7 Å². The highest BCUT2D eigenvalue weighted by molar-refractivity contribution is 7.12. The Labute approximate surface area is 194 Å². The molecule has 0 bridgehead atoms. The summed E-state index contributed by atoms with van der Waals surface area (Å²) in [5, 5.41) is 4.70. The van der Waals surface area contributed by atoms with Gasteiger partial charge >= 0.3 is 0 Å². The van der Waals surface area contributed by atoms with Gasteiger partial charge < -0.3 is 15.1 Å². The average molecular weight is 452 g/mol. The number of anilines is 1. The summed E-state index contributed by atoms with van der Waals surface area (Å²) < 4.78 is 4.35. The first-order chi connectivity index (χ1) is 15.7. The van der Waals surface area contributed by atoms with Crippen LogP contribution in [0.2, 0.25) is 0 Å². The van der Waals surface area contributed by atoms with Crippen LogP contribution in [0, 0.1) is 0 Å². The van der Waals surface area contributed by atoms with Crippen LogP contribution >= 0.6 is 11.5 Å². The van der Waals surface area contributed by atoms with Crippen LogP contribution in [-0.4, -0.2) is 64.3 Å². The van der Waals surface area contributed by atoms with E-state index in [0.717, 1.165) is 46.7 Å². The fraction of sp³-hybridized carbons (Fsp3) is 0.480. The molecule has 0 atom stereocenters. The molecule has 4 rings (SSSR count). The van der Waals surface area contributed by atoms with E-state index in [0.29, 0.717) is 18.7 Å². The van der Waals surface area contributed by atoms with Gasteiger partial charge in [0.1, 0.15) is 4.83 Å². The van der Waals surface area contributed by atoms with Gasteiger partial charge in [-0.15, -0.1) is 0 Å². The number of nitrogens with zero attached hydrogens (tertiary/aromatic N) is 4. The molecule has 3 heterocycles. The van der Waals surface area contributed by atoms with Crippen molar-refractivity contribution >= 4 is 33.3 Å². The molecule has 0 saturated carbocycles. The van der Waals surface area contributed by atoms with Gasteiger partial charge in [0.05, 0.1) is 17.3 Å². The number of carbonyl (C=O) groups is 1. The van der Waals surface area contributed by atoms with Crippen molar-refractivity contribution in [2.75, 3.05) is 44.6 Å². The number of aromatic nitrogens is 2. The van der Waals surface area contributed by atoms with Gasteiger partial charge in [0.25, 0.3) is 5.91 Å². The number of rotatable bonds is 9. The van der Waals surface area contributed by atoms with E-state index < -0.39 is 0 Å². The van der Waals surface area contributed by atoms with Crippen LogP contribution in [-0.2, 0) is 0 Å². The third kappa shape index (κ3) is 5.27. The summed E-state index contributed by atoms with van der Waals surface area (Å²) >= 11 is 1.42. The Bertz CT molecular complexity index is 1020. The van der Waals surface area contributed by atoms with Crippen molar-refractivity contribution in [3.8, 4) is 11.3 Å². The van der Waals surface area contributed by atoms with Crippen LogP contribution in [0.25, 0.3) is 21.5 Å². The summed E-state index contributed by atoms with van der Waals surface area (Å²) in [5.41, 5.74) is 3.71. The molecule has 7 heteroatoms. The van der Waals surface area contributed by atoms with Crippen molar-refractivity contribution in [1.29, 1.82) is 0 Å². The minimum absolute atomic E-state index is 0.0727. The van der Waals surface area contributed by atoms with Crippen LogP contribution in [0.15, 0.2) is 36.5 Å². The van der Waals surface area contributed by atoms with Crippen LogP contribution in [0.5, 0.6) is 0 Å². The van der Waals surface area contributed by atoms with E-state index in [1.165, 1.54) is 43.9 Å². The van der Waals surface area contributed by atoms with Gasteiger partial charge in [0, 0.05) is 36.4 Å². The fourth-order valence-electron chi connectivity index (χ4n) is 4.33. The molecular formula is C25H33N5OS. The van der Waals surface area contributed by atoms with Gasteiger partial charge in [0.15, 0.2) is 0 Å². The molecule has 6 nitrogen and oxygen atoms in total. The maximum Gasteiger partial charge on any atom is 0.253 e. The highest BCUT2D eigenvalue weighted by Crippen LogP contribution is 2.30. The van der Waals surface area contributed by atoms with Gasteiger partial charge in [-0.05, 0) is 82.5 Å². The summed E-state index contributed by atoms with van der Waals surface area (Å²) in [6.45, 7) is 10.0. The number of benzene rings is 1. The van der Waals surface area contributed by atoms with Gasteiger partial charge in [0.2, 0.25) is 0 Å². The Morgan fingerprint density at radius 2 is 1.88 bits per heavy atom. The van der Waals surface area contributed by atoms with E-state index in [9.17, 15) is 4.79 Å². The lowest BCUT2D eigenvalue weighted by Crippen LogP contribution is -2.31. The number of piperidine rings is 1. The third-order valence-electron chi connectivity index (χ3n) is 6.24. The normalized spacial score (nSPS) is 14.6. The molecule has 3 aromatic rings. The van der Waals surface area contributed by atoms with Gasteiger partial charge in [-0.2, -0.15) is 4.37 Å². The lowest BCUT2D eigenvalue weighted by molar-refractivity contribution is 0.0773. The monoisotopic (exact) mass is 451 g/mol. The van der Waals surface area contributed by atoms with Crippen molar-refractivity contribution in [2.45, 2.75) is 39.5 Å². The van der Waals surface area contributed by atoms with E-state index in [1.807, 2.05) is 49.2 Å². The van der Waals surface area contributed by atoms with Gasteiger partial charge in [-0.3, -0.25) is 4.79 Å². The summed E-state index contributed by atoms with van der Waals surface area (Å²) in [5.74, 6) is 0.0727. The zero-order chi connectivity index (χ0) is 22.3. The SMILES string of the molecule is CCN(CC)C(=O)c1ccc(-c2cc(NCCCN3CCCCC3)c3cnsc3n2)cc1. The summed E-state index contributed by atoms with van der Waals surface area (Å²) in [4.78, 5) is 22.8. The van der Waals surface area contributed by atoms with Crippen molar-refractivity contribution in [2.24, 2.45) is 0 Å². The lowest BCUT2D eigenvalue weighted by atomic mass is 10.1. The molecular weight excluding hydrogens is 418 g/mol. The number of nitrogens with one attached hydrogen (secondary N) is 1. The summed E-state index contributed by atoms with van der Waals surface area (Å²) in [7, 11) is 0. The Hall–Kier alpha value is -2.51. The maximum absolute atomic E-state index is 12.6. The second kappa shape index (κ2) is 10.9. The summed E-state index contributed by atoms with van der Waals surface area (Å²) in [6.07, 6.45) is 7.07. The number of hydrogen-bond donors (Lipinski definition) is 1. The minimum atomic E-state index is 0.0727. The first-order valence-corrected chi connectivity index (χ1v) is 12.6. The molecule has 1 fully saturated rings. The zero-order valence-electron chi connectivity index (χ0n) is 19.1. The number of pyridine rings is 1. The van der Waals surface area contributed by atoms with Crippen LogP contribution < -0.4 is 5.32 Å². The van der Waals surface area contributed by atoms with E-state index in [4.69, 9.17) is 4.98 Å². The van der Waals surface area contributed by atoms with Gasteiger partial charge in [-0.1, -0.05) is 18.6 Å². The molecule has 32 heavy (non-hydrogen) atoms. The van der Waals surface area contributed by atoms with Crippen LogP contribution in [0.1, 0.15) is 49.9 Å². The predicted octanol–water partition coefficient (Wildman–Crippen LogP) is 5.13. The molecule has 1 amide bonds. The van der Waals surface area contributed by atoms with Gasteiger partial charge in [-0.25, -0.2) is 4.98 Å². The Kier molecular flexibility index (Phi) is 7.71. The highest BCUT2D eigenvalue weighted by Gasteiger charge is 2.14. The van der Waals surface area contributed by atoms with Crippen LogP contribution in [0.4, 0.5) is 5.69 Å². The van der Waals surface area contributed by atoms with Crippen molar-refractivity contribution in [3.05, 3.63) is 42.1 Å². The smallest absolute Gasteiger partial charge is 0.253 e. The Balaban J connectivity index is 1.46. The molecule has 1 N–H and O–H groups in total. The molecule has 1 aromatic carbocycles. The molecule has 2 aromatic heterocycles. The molecule has 170 valence electrons. The standard InChI is InChI=1S/C25H33N5OS/c1-3-30(4-2)25(31)20-11-9-19(10-12-20)22-17-23(21-18-27-32-24(21)28-22)26-13-8-16-29-14-6-5-7-15-29/h9-12,17-18H,3-8,13-16H2,1-2H3,(H,26,28). The molecule has 0 unspecified atom stereocenters. The lowest BCUT2D eigenvalue weighted by Gasteiger charge is -2.26. The number of fused-ring (bicyclic) bond motifs is 1. The molecule has 1 aliphatic rings. The Morgan fingerprint density at radius 3 is 2.59 bits per heavy atom. The maximum atomic E-state index is 12.6. The second-order valence-electron chi connectivity index (χ2n) is 8.34. The first kappa shape index (κ1) is 22.7. The largest absolute Gasteiger partial charge is 0.384 e. The Morgan fingerprint density at radius 1 is 1.12 bits per heavy atom. The van der Waals surface area contributed by atoms with Crippen molar-refractivity contribution < 1.29 is 4.79 Å². The predicted molar refractivity (Wildman–Crippen MR) is 134 cm³/mol. The topological polar surface area (TPSA) is 61.4 Å². The van der Waals surface area contributed by atoms with Crippen molar-refractivity contribution in [3.63, 3.8) is 0 Å². The number of amides is 1. The zero-order valence-corrected chi connectivity index (χ0v) is 20.0. The quantitative estimate of drug-likeness (QED) is 0.457. The molecule has 0 spiro atoms. The van der Waals surface area contributed by atoms with E-state index >= 15 is 0 Å². The third-order valence-corrected chi connectivity index (χ3v) is 6.93. The summed E-state index contributed by atoms with van der Waals surface area (Å²) in [6, 6.07) is 9.90. The van der Waals surface area contributed by atoms with Crippen LogP contribution in [0.3, 0.4) is 0 Å². The van der Waals surface area contributed by atoms with E-state index in [-0.39, 0.29) is 5.91 Å². The molecule has 0 radical (unpaired) electrons. The number of hydrogen-bond acceptors (Lipinski definition) is 6. The molecule has 0 aliphatic carbocycles. The second-order valence-corrected chi connectivity index (χ2v) is 9.12. The number of likely N-dealkylation sites (tertiary alicyclic amines) is 1. The highest BCUT2D eigenvalue weighted by atomic mass is 32.1.